The first-order valence-corrected chi connectivity index (χ1v) is 18.5. The number of hydrogen-bond acceptors (Lipinski definition) is 1. The average molecular weight is 635 g/mol. The van der Waals surface area contributed by atoms with Crippen molar-refractivity contribution in [3.05, 3.63) is 130 Å². The Kier molecular flexibility index (Phi) is 10.7. The van der Waals surface area contributed by atoms with E-state index in [-0.39, 0.29) is 0 Å². The number of fused-ring (bicyclic) bond motifs is 3. The lowest BCUT2D eigenvalue weighted by atomic mass is 9.98. The number of unbranched alkanes of at least 4 members (excludes halogenated alkanes) is 6. The van der Waals surface area contributed by atoms with Gasteiger partial charge in [0.05, 0.1) is 11.0 Å². The predicted octanol–water partition coefficient (Wildman–Crippen LogP) is 13.7. The highest BCUT2D eigenvalue weighted by Crippen LogP contribution is 2.41. The molecule has 1 aromatic heterocycles. The Hall–Kier alpha value is -4.30. The van der Waals surface area contributed by atoms with Crippen LogP contribution >= 0.6 is 0 Å². The first-order valence-electron chi connectivity index (χ1n) is 18.5. The normalized spacial score (nSPS) is 11.5. The van der Waals surface area contributed by atoms with Gasteiger partial charge >= 0.3 is 0 Å². The van der Waals surface area contributed by atoms with Crippen molar-refractivity contribution in [2.24, 2.45) is 0 Å². The van der Waals surface area contributed by atoms with Crippen LogP contribution in [0.2, 0.25) is 0 Å². The van der Waals surface area contributed by atoms with Crippen molar-refractivity contribution in [2.45, 2.75) is 106 Å². The Labute approximate surface area is 289 Å². The summed E-state index contributed by atoms with van der Waals surface area (Å²) in [5.74, 6) is 0. The Balaban J connectivity index is 1.51. The van der Waals surface area contributed by atoms with Gasteiger partial charge in [-0.25, -0.2) is 0 Å². The summed E-state index contributed by atoms with van der Waals surface area (Å²) in [5.41, 5.74) is 15.6. The van der Waals surface area contributed by atoms with Gasteiger partial charge in [-0.15, -0.1) is 0 Å². The highest BCUT2D eigenvalue weighted by atomic mass is 15.1. The third-order valence-electron chi connectivity index (χ3n) is 10.2. The summed E-state index contributed by atoms with van der Waals surface area (Å²) >= 11 is 0. The molecule has 248 valence electrons. The summed E-state index contributed by atoms with van der Waals surface area (Å²) < 4.78 is 2.43. The van der Waals surface area contributed by atoms with Crippen LogP contribution in [-0.4, -0.2) is 4.57 Å². The van der Waals surface area contributed by atoms with E-state index in [2.05, 4.69) is 148 Å². The summed E-state index contributed by atoms with van der Waals surface area (Å²) in [4.78, 5) is 2.51. The van der Waals surface area contributed by atoms with Crippen LogP contribution in [0.15, 0.2) is 97.1 Å². The van der Waals surface area contributed by atoms with Crippen LogP contribution < -0.4 is 4.90 Å². The van der Waals surface area contributed by atoms with Crippen LogP contribution in [0.5, 0.6) is 0 Å². The van der Waals surface area contributed by atoms with Crippen molar-refractivity contribution in [3.63, 3.8) is 0 Å². The van der Waals surface area contributed by atoms with Crippen molar-refractivity contribution in [1.82, 2.24) is 4.57 Å². The number of aryl methyl sites for hydroxylation is 6. The lowest BCUT2D eigenvalue weighted by molar-refractivity contribution is 0.665. The van der Waals surface area contributed by atoms with Crippen LogP contribution in [0.1, 0.15) is 98.6 Å². The van der Waals surface area contributed by atoms with Crippen molar-refractivity contribution < 1.29 is 0 Å². The van der Waals surface area contributed by atoms with Crippen molar-refractivity contribution in [3.8, 4) is 5.69 Å². The Morgan fingerprint density at radius 3 is 1.50 bits per heavy atom. The standard InChI is InChI=1S/C46H54N2/c1-7-9-11-13-15-37-30-40(24-20-35(37)5)47(41-25-21-36(6)38(31-41)16-14-12-10-8-2)42-26-28-46-44(32-42)43-29-34(4)19-27-45(43)48(46)39-22-17-33(3)18-23-39/h17-32H,7-16H2,1-6H3. The molecule has 0 N–H and O–H groups in total. The lowest BCUT2D eigenvalue weighted by Crippen LogP contribution is -2.11. The van der Waals surface area contributed by atoms with Crippen molar-refractivity contribution in [2.75, 3.05) is 4.90 Å². The smallest absolute Gasteiger partial charge is 0.0542 e. The molecule has 6 aromatic rings. The van der Waals surface area contributed by atoms with Gasteiger partial charge in [-0.1, -0.05) is 93.8 Å². The Bertz CT molecular complexity index is 1930. The van der Waals surface area contributed by atoms with E-state index in [0.717, 1.165) is 12.8 Å². The fourth-order valence-electron chi connectivity index (χ4n) is 7.30. The molecule has 0 aliphatic rings. The number of aromatic nitrogens is 1. The van der Waals surface area contributed by atoms with Gasteiger partial charge in [0.15, 0.2) is 0 Å². The maximum Gasteiger partial charge on any atom is 0.0542 e. The van der Waals surface area contributed by atoms with E-state index in [1.165, 1.54) is 129 Å². The van der Waals surface area contributed by atoms with E-state index >= 15 is 0 Å². The quantitative estimate of drug-likeness (QED) is 0.108. The van der Waals surface area contributed by atoms with Crippen molar-refractivity contribution in [1.29, 1.82) is 0 Å². The zero-order valence-electron chi connectivity index (χ0n) is 30.2. The van der Waals surface area contributed by atoms with Gasteiger partial charge in [0.1, 0.15) is 0 Å². The minimum absolute atomic E-state index is 1.13. The van der Waals surface area contributed by atoms with Gasteiger partial charge in [-0.2, -0.15) is 0 Å². The molecule has 6 rings (SSSR count). The summed E-state index contributed by atoms with van der Waals surface area (Å²) in [6, 6.07) is 37.2. The molecule has 2 heteroatoms. The molecule has 0 aliphatic carbocycles. The van der Waals surface area contributed by atoms with Crippen LogP contribution in [0.4, 0.5) is 17.1 Å². The van der Waals surface area contributed by atoms with Gasteiger partial charge in [-0.3, -0.25) is 0 Å². The maximum absolute atomic E-state index is 2.51. The van der Waals surface area contributed by atoms with Gasteiger partial charge < -0.3 is 9.47 Å². The number of anilines is 3. The zero-order chi connectivity index (χ0) is 33.6. The predicted molar refractivity (Wildman–Crippen MR) is 210 cm³/mol. The topological polar surface area (TPSA) is 8.17 Å². The molecule has 0 aliphatic heterocycles. The molecule has 2 nitrogen and oxygen atoms in total. The summed E-state index contributed by atoms with van der Waals surface area (Å²) in [7, 11) is 0. The van der Waals surface area contributed by atoms with Gasteiger partial charge in [0.2, 0.25) is 0 Å². The fourth-order valence-corrected chi connectivity index (χ4v) is 7.30. The molecule has 0 amide bonds. The molecular formula is C46H54N2. The van der Waals surface area contributed by atoms with Crippen LogP contribution in [-0.2, 0) is 12.8 Å². The molecule has 0 saturated heterocycles. The fraction of sp³-hybridized carbons (Fsp3) is 0.348. The van der Waals surface area contributed by atoms with Crippen LogP contribution in [0.3, 0.4) is 0 Å². The highest BCUT2D eigenvalue weighted by Gasteiger charge is 2.19. The maximum atomic E-state index is 2.51. The first kappa shape index (κ1) is 33.6. The van der Waals surface area contributed by atoms with E-state index in [4.69, 9.17) is 0 Å². The molecule has 1 heterocycles. The minimum Gasteiger partial charge on any atom is -0.310 e. The van der Waals surface area contributed by atoms with E-state index in [9.17, 15) is 0 Å². The Morgan fingerprint density at radius 2 is 0.938 bits per heavy atom. The Morgan fingerprint density at radius 1 is 0.458 bits per heavy atom. The number of hydrogen-bond donors (Lipinski definition) is 0. The highest BCUT2D eigenvalue weighted by molar-refractivity contribution is 6.11. The van der Waals surface area contributed by atoms with Gasteiger partial charge in [0, 0.05) is 33.5 Å². The van der Waals surface area contributed by atoms with Gasteiger partial charge in [-0.05, 0) is 142 Å². The van der Waals surface area contributed by atoms with E-state index in [1.807, 2.05) is 0 Å². The summed E-state index contributed by atoms with van der Waals surface area (Å²) in [6.07, 6.45) is 12.5. The molecule has 0 saturated carbocycles. The molecule has 0 unspecified atom stereocenters. The monoisotopic (exact) mass is 634 g/mol. The van der Waals surface area contributed by atoms with E-state index in [0.29, 0.717) is 0 Å². The minimum atomic E-state index is 1.13. The number of benzene rings is 5. The largest absolute Gasteiger partial charge is 0.310 e. The van der Waals surface area contributed by atoms with Crippen molar-refractivity contribution >= 4 is 38.9 Å². The zero-order valence-corrected chi connectivity index (χ0v) is 30.2. The molecule has 0 atom stereocenters. The second-order valence-corrected chi connectivity index (χ2v) is 14.1. The third-order valence-corrected chi connectivity index (χ3v) is 10.2. The molecule has 0 spiro atoms. The summed E-state index contributed by atoms with van der Waals surface area (Å²) in [5, 5.41) is 2.59. The SMILES string of the molecule is CCCCCCc1cc(N(c2ccc(C)c(CCCCCC)c2)c2ccc3c(c2)c2cc(C)ccc2n3-c2ccc(C)cc2)ccc1C. The van der Waals surface area contributed by atoms with Crippen LogP contribution in [0, 0.1) is 27.7 Å². The third kappa shape index (κ3) is 7.24. The van der Waals surface area contributed by atoms with Crippen LogP contribution in [0.25, 0.3) is 27.5 Å². The molecule has 5 aromatic carbocycles. The van der Waals surface area contributed by atoms with E-state index < -0.39 is 0 Å². The number of rotatable bonds is 14. The molecule has 48 heavy (non-hydrogen) atoms. The molecule has 0 fully saturated rings. The molecular weight excluding hydrogens is 581 g/mol. The summed E-state index contributed by atoms with van der Waals surface area (Å²) in [6.45, 7) is 13.5. The first-order chi connectivity index (χ1) is 23.4. The molecule has 0 radical (unpaired) electrons. The lowest BCUT2D eigenvalue weighted by Gasteiger charge is -2.27. The second-order valence-electron chi connectivity index (χ2n) is 14.1. The second kappa shape index (κ2) is 15.3. The number of nitrogens with zero attached hydrogens (tertiary/aromatic N) is 2. The van der Waals surface area contributed by atoms with Gasteiger partial charge in [0.25, 0.3) is 0 Å². The van der Waals surface area contributed by atoms with E-state index in [1.54, 1.807) is 0 Å². The average Bonchev–Trinajstić information content (AvgIpc) is 3.40. The molecule has 0 bridgehead atoms.